The van der Waals surface area contributed by atoms with Crippen molar-refractivity contribution < 1.29 is 13.2 Å². The molecule has 0 unspecified atom stereocenters. The number of hydrogen-bond donors (Lipinski definition) is 0. The minimum atomic E-state index is -3.20. The van der Waals surface area contributed by atoms with Crippen LogP contribution in [0, 0.1) is 5.92 Å². The molecule has 82 valence electrons. The Balaban J connectivity index is 2.67. The number of rotatable bonds is 3. The first-order valence-corrected chi connectivity index (χ1v) is 6.52. The van der Waals surface area contributed by atoms with Crippen LogP contribution in [0.1, 0.15) is 26.7 Å². The Labute approximate surface area is 85.3 Å². The van der Waals surface area contributed by atoms with Gasteiger partial charge in [0.2, 0.25) is 10.0 Å². The van der Waals surface area contributed by atoms with Crippen molar-refractivity contribution in [3.05, 3.63) is 0 Å². The highest BCUT2D eigenvalue weighted by Gasteiger charge is 2.27. The van der Waals surface area contributed by atoms with E-state index < -0.39 is 10.0 Å². The molecule has 0 aliphatic carbocycles. The predicted molar refractivity (Wildman–Crippen MR) is 54.4 cm³/mol. The molecule has 4 nitrogen and oxygen atoms in total. The number of nitrogens with zero attached hydrogens (tertiary/aromatic N) is 1. The van der Waals surface area contributed by atoms with E-state index in [0.29, 0.717) is 19.4 Å². The largest absolute Gasteiger partial charge is 0.298 e. The lowest BCUT2D eigenvalue weighted by molar-refractivity contribution is -0.120. The highest BCUT2D eigenvalue weighted by molar-refractivity contribution is 7.89. The Kier molecular flexibility index (Phi) is 3.66. The topological polar surface area (TPSA) is 54.5 Å². The molecule has 0 N–H and O–H groups in total. The third kappa shape index (κ3) is 3.06. The average molecular weight is 219 g/mol. The second-order valence-electron chi connectivity index (χ2n) is 4.15. The number of hydrogen-bond acceptors (Lipinski definition) is 3. The number of sulfonamides is 1. The van der Waals surface area contributed by atoms with Crippen LogP contribution in [0.25, 0.3) is 0 Å². The van der Waals surface area contributed by atoms with Crippen molar-refractivity contribution in [1.82, 2.24) is 4.31 Å². The molecule has 0 atom stereocenters. The number of carbonyl (C=O) groups is 1. The molecular weight excluding hydrogens is 202 g/mol. The van der Waals surface area contributed by atoms with E-state index in [1.807, 2.05) is 13.8 Å². The van der Waals surface area contributed by atoms with Crippen LogP contribution >= 0.6 is 0 Å². The van der Waals surface area contributed by atoms with Crippen LogP contribution in [0.2, 0.25) is 0 Å². The molecule has 0 radical (unpaired) electrons. The molecule has 1 aliphatic heterocycles. The Hall–Kier alpha value is -0.420. The van der Waals surface area contributed by atoms with Gasteiger partial charge in [-0.15, -0.1) is 0 Å². The van der Waals surface area contributed by atoms with Gasteiger partial charge in [0.25, 0.3) is 0 Å². The summed E-state index contributed by atoms with van der Waals surface area (Å²) in [5.74, 6) is 0.279. The molecule has 0 aromatic carbocycles. The Morgan fingerprint density at radius 2 is 2.07 bits per heavy atom. The van der Waals surface area contributed by atoms with Crippen molar-refractivity contribution >= 4 is 15.8 Å². The van der Waals surface area contributed by atoms with E-state index in [-0.39, 0.29) is 24.0 Å². The molecule has 0 spiro atoms. The summed E-state index contributed by atoms with van der Waals surface area (Å²) in [6.07, 6.45) is 1.18. The minimum absolute atomic E-state index is 0.0311. The second-order valence-corrected chi connectivity index (χ2v) is 6.16. The van der Waals surface area contributed by atoms with E-state index in [1.54, 1.807) is 0 Å². The van der Waals surface area contributed by atoms with Crippen LogP contribution in [0.5, 0.6) is 0 Å². The van der Waals surface area contributed by atoms with E-state index in [9.17, 15) is 13.2 Å². The molecule has 1 rings (SSSR count). The summed E-state index contributed by atoms with van der Waals surface area (Å²) in [7, 11) is -3.20. The van der Waals surface area contributed by atoms with Gasteiger partial charge in [0.1, 0.15) is 5.78 Å². The molecule has 1 saturated heterocycles. The van der Waals surface area contributed by atoms with E-state index >= 15 is 0 Å². The summed E-state index contributed by atoms with van der Waals surface area (Å²) in [6, 6.07) is 0. The van der Waals surface area contributed by atoms with Crippen molar-refractivity contribution in [3.8, 4) is 0 Å². The van der Waals surface area contributed by atoms with Gasteiger partial charge in [0.15, 0.2) is 0 Å². The van der Waals surface area contributed by atoms with Gasteiger partial charge in [0, 0.05) is 13.0 Å². The van der Waals surface area contributed by atoms with Crippen molar-refractivity contribution in [2.24, 2.45) is 5.92 Å². The lowest BCUT2D eigenvalue weighted by Crippen LogP contribution is -2.42. The Bertz CT molecular complexity index is 308. The zero-order chi connectivity index (χ0) is 10.8. The van der Waals surface area contributed by atoms with E-state index in [2.05, 4.69) is 0 Å². The lowest BCUT2D eigenvalue weighted by Gasteiger charge is -2.25. The van der Waals surface area contributed by atoms with Crippen LogP contribution in [0.4, 0.5) is 0 Å². The van der Waals surface area contributed by atoms with Crippen molar-refractivity contribution in [2.75, 3.05) is 18.8 Å². The Morgan fingerprint density at radius 1 is 1.43 bits per heavy atom. The maximum absolute atomic E-state index is 11.7. The first-order valence-electron chi connectivity index (χ1n) is 4.91. The summed E-state index contributed by atoms with van der Waals surface area (Å²) < 4.78 is 24.7. The SMILES string of the molecule is CC(C)CS(=O)(=O)N1CCCC(=O)C1. The molecule has 1 aliphatic rings. The Morgan fingerprint density at radius 3 is 2.57 bits per heavy atom. The van der Waals surface area contributed by atoms with Gasteiger partial charge in [-0.3, -0.25) is 4.79 Å². The number of Topliss-reactive ketones (excluding diaryl/α,β-unsaturated/α-hetero) is 1. The van der Waals surface area contributed by atoms with Gasteiger partial charge in [-0.1, -0.05) is 13.8 Å². The molecule has 1 heterocycles. The number of carbonyl (C=O) groups excluding carboxylic acids is 1. The second kappa shape index (κ2) is 4.40. The molecule has 1 fully saturated rings. The van der Waals surface area contributed by atoms with E-state index in [4.69, 9.17) is 0 Å². The normalized spacial score (nSPS) is 20.4. The highest BCUT2D eigenvalue weighted by Crippen LogP contribution is 2.13. The van der Waals surface area contributed by atoms with Gasteiger partial charge in [-0.05, 0) is 12.3 Å². The van der Waals surface area contributed by atoms with E-state index in [1.165, 1.54) is 4.31 Å². The summed E-state index contributed by atoms with van der Waals surface area (Å²) >= 11 is 0. The predicted octanol–water partition coefficient (Wildman–Crippen LogP) is 0.637. The number of piperidine rings is 1. The van der Waals surface area contributed by atoms with Crippen LogP contribution in [-0.2, 0) is 14.8 Å². The van der Waals surface area contributed by atoms with Crippen LogP contribution in [-0.4, -0.2) is 37.3 Å². The quantitative estimate of drug-likeness (QED) is 0.700. The number of ketones is 1. The smallest absolute Gasteiger partial charge is 0.214 e. The van der Waals surface area contributed by atoms with Crippen molar-refractivity contribution in [3.63, 3.8) is 0 Å². The fraction of sp³-hybridized carbons (Fsp3) is 0.889. The molecule has 14 heavy (non-hydrogen) atoms. The summed E-state index contributed by atoms with van der Waals surface area (Å²) in [6.45, 7) is 4.31. The third-order valence-corrected chi connectivity index (χ3v) is 4.34. The fourth-order valence-corrected chi connectivity index (χ4v) is 3.37. The first-order chi connectivity index (χ1) is 6.42. The molecular formula is C9H17NO3S. The van der Waals surface area contributed by atoms with Gasteiger partial charge in [-0.25, -0.2) is 8.42 Å². The summed E-state index contributed by atoms with van der Waals surface area (Å²) in [5.41, 5.74) is 0. The molecule has 0 saturated carbocycles. The van der Waals surface area contributed by atoms with Crippen LogP contribution in [0.15, 0.2) is 0 Å². The lowest BCUT2D eigenvalue weighted by atomic mass is 10.1. The molecule has 0 amide bonds. The van der Waals surface area contributed by atoms with Crippen LogP contribution in [0.3, 0.4) is 0 Å². The summed E-state index contributed by atoms with van der Waals surface area (Å²) in [4.78, 5) is 11.1. The molecule has 0 aromatic heterocycles. The highest BCUT2D eigenvalue weighted by atomic mass is 32.2. The average Bonchev–Trinajstić information content (AvgIpc) is 2.01. The van der Waals surface area contributed by atoms with Gasteiger partial charge in [0.05, 0.1) is 12.3 Å². The minimum Gasteiger partial charge on any atom is -0.298 e. The van der Waals surface area contributed by atoms with Crippen molar-refractivity contribution in [2.45, 2.75) is 26.7 Å². The van der Waals surface area contributed by atoms with Gasteiger partial charge in [-0.2, -0.15) is 4.31 Å². The zero-order valence-electron chi connectivity index (χ0n) is 8.69. The van der Waals surface area contributed by atoms with E-state index in [0.717, 1.165) is 0 Å². The molecule has 0 bridgehead atoms. The maximum Gasteiger partial charge on any atom is 0.214 e. The molecule has 5 heteroatoms. The maximum atomic E-state index is 11.7. The molecule has 0 aromatic rings. The monoisotopic (exact) mass is 219 g/mol. The fourth-order valence-electron chi connectivity index (χ4n) is 1.57. The summed E-state index contributed by atoms with van der Waals surface area (Å²) in [5, 5.41) is 0. The zero-order valence-corrected chi connectivity index (χ0v) is 9.51. The van der Waals surface area contributed by atoms with Crippen LogP contribution < -0.4 is 0 Å². The van der Waals surface area contributed by atoms with Gasteiger partial charge >= 0.3 is 0 Å². The first kappa shape index (κ1) is 11.7. The third-order valence-electron chi connectivity index (χ3n) is 2.15. The van der Waals surface area contributed by atoms with Crippen molar-refractivity contribution in [1.29, 1.82) is 0 Å². The van der Waals surface area contributed by atoms with Gasteiger partial charge < -0.3 is 0 Å². The standard InChI is InChI=1S/C9H17NO3S/c1-8(2)7-14(12,13)10-5-3-4-9(11)6-10/h8H,3-7H2,1-2H3.